The zero-order valence-corrected chi connectivity index (χ0v) is 15.2. The van der Waals surface area contributed by atoms with E-state index in [9.17, 15) is 8.78 Å². The molecule has 0 aliphatic carbocycles. The van der Waals surface area contributed by atoms with E-state index in [0.717, 1.165) is 11.6 Å². The van der Waals surface area contributed by atoms with Gasteiger partial charge in [0.2, 0.25) is 0 Å². The lowest BCUT2D eigenvalue weighted by atomic mass is 9.79. The summed E-state index contributed by atoms with van der Waals surface area (Å²) in [5.41, 5.74) is 7.32. The van der Waals surface area contributed by atoms with Crippen molar-refractivity contribution in [3.8, 4) is 5.75 Å². The largest absolute Gasteiger partial charge is 0.496 e. The van der Waals surface area contributed by atoms with Crippen molar-refractivity contribution in [1.29, 1.82) is 0 Å². The maximum Gasteiger partial charge on any atom is 0.197 e. The fraction of sp³-hybridized carbons (Fsp3) is 0.250. The highest BCUT2D eigenvalue weighted by Crippen LogP contribution is 2.46. The second-order valence-electron chi connectivity index (χ2n) is 6.45. The molecule has 2 aromatic rings. The first-order chi connectivity index (χ1) is 12.2. The minimum atomic E-state index is -1.27. The molecule has 1 aliphatic rings. The standard InChI is InChI=1S/C20H21F2N3O/c1-11-9-15(17(22)10-16(11)21)20(13(3)25(4)19(23)24-20)14-6-7-18(26-5)12(2)8-14/h6-10H,3H2,1-2,4-5H3,(H2,23,24). The molecule has 0 bridgehead atoms. The highest BCUT2D eigenvalue weighted by atomic mass is 19.1. The van der Waals surface area contributed by atoms with Crippen LogP contribution in [0.1, 0.15) is 22.3 Å². The minimum Gasteiger partial charge on any atom is -0.496 e. The highest BCUT2D eigenvalue weighted by Gasteiger charge is 2.46. The molecule has 0 saturated heterocycles. The van der Waals surface area contributed by atoms with E-state index >= 15 is 0 Å². The van der Waals surface area contributed by atoms with Gasteiger partial charge in [0.1, 0.15) is 17.4 Å². The number of guanidine groups is 1. The Morgan fingerprint density at radius 3 is 2.35 bits per heavy atom. The first kappa shape index (κ1) is 17.9. The van der Waals surface area contributed by atoms with Gasteiger partial charge < -0.3 is 15.4 Å². The average molecular weight is 357 g/mol. The van der Waals surface area contributed by atoms with Gasteiger partial charge >= 0.3 is 0 Å². The van der Waals surface area contributed by atoms with E-state index in [1.807, 2.05) is 13.0 Å². The normalized spacial score (nSPS) is 19.7. The predicted molar refractivity (Wildman–Crippen MR) is 98.1 cm³/mol. The lowest BCUT2D eigenvalue weighted by Crippen LogP contribution is -2.32. The lowest BCUT2D eigenvalue weighted by molar-refractivity contribution is 0.411. The van der Waals surface area contributed by atoms with E-state index < -0.39 is 17.2 Å². The van der Waals surface area contributed by atoms with Crippen molar-refractivity contribution in [1.82, 2.24) is 4.90 Å². The summed E-state index contributed by atoms with van der Waals surface area (Å²) >= 11 is 0. The molecule has 6 heteroatoms. The van der Waals surface area contributed by atoms with Crippen molar-refractivity contribution in [2.45, 2.75) is 19.4 Å². The number of hydrogen-bond donors (Lipinski definition) is 1. The monoisotopic (exact) mass is 357 g/mol. The van der Waals surface area contributed by atoms with Crippen LogP contribution in [0.25, 0.3) is 0 Å². The van der Waals surface area contributed by atoms with Crippen LogP contribution in [0, 0.1) is 25.5 Å². The van der Waals surface area contributed by atoms with Crippen molar-refractivity contribution in [2.75, 3.05) is 14.2 Å². The summed E-state index contributed by atoms with van der Waals surface area (Å²) in [4.78, 5) is 6.18. The molecule has 2 N–H and O–H groups in total. The van der Waals surface area contributed by atoms with E-state index in [1.54, 1.807) is 38.1 Å². The van der Waals surface area contributed by atoms with Crippen LogP contribution in [0.5, 0.6) is 5.75 Å². The Balaban J connectivity index is 2.35. The molecule has 1 atom stereocenters. The number of methoxy groups -OCH3 is 1. The number of benzene rings is 2. The van der Waals surface area contributed by atoms with E-state index in [4.69, 9.17) is 10.5 Å². The number of halogens is 2. The van der Waals surface area contributed by atoms with E-state index in [2.05, 4.69) is 11.6 Å². The molecule has 0 spiro atoms. The fourth-order valence-corrected chi connectivity index (χ4v) is 3.33. The summed E-state index contributed by atoms with van der Waals surface area (Å²) in [7, 11) is 3.30. The molecule has 26 heavy (non-hydrogen) atoms. The van der Waals surface area contributed by atoms with Crippen molar-refractivity contribution >= 4 is 5.96 Å². The van der Waals surface area contributed by atoms with Gasteiger partial charge in [0, 0.05) is 18.7 Å². The summed E-state index contributed by atoms with van der Waals surface area (Å²) < 4.78 is 34.0. The van der Waals surface area contributed by atoms with Crippen molar-refractivity contribution in [2.24, 2.45) is 10.7 Å². The maximum atomic E-state index is 14.9. The molecule has 136 valence electrons. The Hall–Kier alpha value is -2.89. The third kappa shape index (κ3) is 2.44. The third-order valence-electron chi connectivity index (χ3n) is 4.90. The Kier molecular flexibility index (Phi) is 4.22. The van der Waals surface area contributed by atoms with Crippen LogP contribution in [-0.4, -0.2) is 25.0 Å². The van der Waals surface area contributed by atoms with Gasteiger partial charge in [-0.15, -0.1) is 0 Å². The van der Waals surface area contributed by atoms with Gasteiger partial charge in [0.05, 0.1) is 12.8 Å². The molecular weight excluding hydrogens is 336 g/mol. The second kappa shape index (κ2) is 6.12. The number of nitrogens with zero attached hydrogens (tertiary/aromatic N) is 2. The Morgan fingerprint density at radius 1 is 1.12 bits per heavy atom. The molecule has 3 rings (SSSR count). The molecule has 0 amide bonds. The van der Waals surface area contributed by atoms with Crippen molar-refractivity contribution < 1.29 is 13.5 Å². The zero-order chi connectivity index (χ0) is 19.2. The molecule has 4 nitrogen and oxygen atoms in total. The van der Waals surface area contributed by atoms with Crippen LogP contribution in [0.4, 0.5) is 8.78 Å². The van der Waals surface area contributed by atoms with Gasteiger partial charge in [-0.3, -0.25) is 0 Å². The first-order valence-corrected chi connectivity index (χ1v) is 8.12. The van der Waals surface area contributed by atoms with Crippen LogP contribution in [-0.2, 0) is 5.54 Å². The summed E-state index contributed by atoms with van der Waals surface area (Å²) in [6.07, 6.45) is 0. The maximum absolute atomic E-state index is 14.9. The SMILES string of the molecule is C=C1N(C)C(N)=NC1(c1ccc(OC)c(C)c1)c1cc(C)c(F)cc1F. The zero-order valence-electron chi connectivity index (χ0n) is 15.2. The molecule has 2 aromatic carbocycles. The molecule has 1 aliphatic heterocycles. The van der Waals surface area contributed by atoms with Crippen LogP contribution in [0.3, 0.4) is 0 Å². The first-order valence-electron chi connectivity index (χ1n) is 8.12. The second-order valence-corrected chi connectivity index (χ2v) is 6.45. The van der Waals surface area contributed by atoms with Gasteiger partial charge in [-0.1, -0.05) is 12.6 Å². The molecule has 1 heterocycles. The smallest absolute Gasteiger partial charge is 0.197 e. The van der Waals surface area contributed by atoms with Gasteiger partial charge in [0.15, 0.2) is 11.5 Å². The molecule has 0 saturated carbocycles. The van der Waals surface area contributed by atoms with Crippen LogP contribution < -0.4 is 10.5 Å². The summed E-state index contributed by atoms with van der Waals surface area (Å²) in [5, 5.41) is 0. The number of hydrogen-bond acceptors (Lipinski definition) is 4. The predicted octanol–water partition coefficient (Wildman–Crippen LogP) is 3.61. The molecule has 0 radical (unpaired) electrons. The number of nitrogens with two attached hydrogens (primary N) is 1. The Labute approximate surface area is 151 Å². The molecular formula is C20H21F2N3O. The lowest BCUT2D eigenvalue weighted by Gasteiger charge is -2.31. The van der Waals surface area contributed by atoms with Gasteiger partial charge in [-0.25, -0.2) is 13.8 Å². The van der Waals surface area contributed by atoms with Gasteiger partial charge in [-0.05, 0) is 48.7 Å². The van der Waals surface area contributed by atoms with Crippen LogP contribution in [0.15, 0.2) is 47.6 Å². The van der Waals surface area contributed by atoms with Crippen LogP contribution in [0.2, 0.25) is 0 Å². The number of likely N-dealkylation sites (N-methyl/N-ethyl adjacent to an activating group) is 1. The topological polar surface area (TPSA) is 50.8 Å². The molecule has 0 fully saturated rings. The Morgan fingerprint density at radius 2 is 1.81 bits per heavy atom. The fourth-order valence-electron chi connectivity index (χ4n) is 3.33. The average Bonchev–Trinajstić information content (AvgIpc) is 2.83. The van der Waals surface area contributed by atoms with E-state index in [0.29, 0.717) is 22.6 Å². The van der Waals surface area contributed by atoms with E-state index in [-0.39, 0.29) is 11.5 Å². The Bertz CT molecular complexity index is 939. The summed E-state index contributed by atoms with van der Waals surface area (Å²) in [6.45, 7) is 7.57. The molecule has 1 unspecified atom stereocenters. The van der Waals surface area contributed by atoms with Gasteiger partial charge in [0.25, 0.3) is 0 Å². The summed E-state index contributed by atoms with van der Waals surface area (Å²) in [6, 6.07) is 7.78. The van der Waals surface area contributed by atoms with Gasteiger partial charge in [-0.2, -0.15) is 0 Å². The number of aryl methyl sites for hydroxylation is 2. The number of rotatable bonds is 3. The highest BCUT2D eigenvalue weighted by molar-refractivity contribution is 5.85. The van der Waals surface area contributed by atoms with E-state index in [1.165, 1.54) is 6.07 Å². The van der Waals surface area contributed by atoms with Crippen molar-refractivity contribution in [3.05, 3.63) is 76.5 Å². The number of ether oxygens (including phenoxy) is 1. The van der Waals surface area contributed by atoms with Crippen molar-refractivity contribution in [3.63, 3.8) is 0 Å². The summed E-state index contributed by atoms with van der Waals surface area (Å²) in [5.74, 6) is -0.394. The quantitative estimate of drug-likeness (QED) is 0.913. The minimum absolute atomic E-state index is 0.207. The van der Waals surface area contributed by atoms with Crippen LogP contribution >= 0.6 is 0 Å². The number of aliphatic imine (C=N–C) groups is 1. The molecule has 0 aromatic heterocycles. The third-order valence-corrected chi connectivity index (χ3v) is 4.90.